The SMILES string of the molecule is COc1nn(C(C)c2nc3c4cnn(C)c4ncn3n2)cc1[N+](=O)[O-]. The smallest absolute Gasteiger partial charge is 0.350 e. The van der Waals surface area contributed by atoms with E-state index < -0.39 is 11.0 Å². The van der Waals surface area contributed by atoms with E-state index in [4.69, 9.17) is 4.74 Å². The van der Waals surface area contributed by atoms with E-state index in [9.17, 15) is 10.1 Å². The molecule has 0 aliphatic carbocycles. The van der Waals surface area contributed by atoms with Crippen LogP contribution in [-0.4, -0.2) is 51.2 Å². The minimum absolute atomic E-state index is 0.0584. The van der Waals surface area contributed by atoms with Crippen LogP contribution >= 0.6 is 0 Å². The summed E-state index contributed by atoms with van der Waals surface area (Å²) in [5.74, 6) is 0.384. The van der Waals surface area contributed by atoms with Gasteiger partial charge in [0.15, 0.2) is 17.1 Å². The molecule has 4 aromatic rings. The summed E-state index contributed by atoms with van der Waals surface area (Å²) in [5, 5.41) is 24.5. The van der Waals surface area contributed by atoms with Crippen LogP contribution in [-0.2, 0) is 7.05 Å². The van der Waals surface area contributed by atoms with E-state index >= 15 is 0 Å². The summed E-state index contributed by atoms with van der Waals surface area (Å²) >= 11 is 0. The van der Waals surface area contributed by atoms with Gasteiger partial charge in [-0.25, -0.2) is 14.5 Å². The fourth-order valence-electron chi connectivity index (χ4n) is 2.59. The molecule has 0 saturated carbocycles. The molecule has 0 bridgehead atoms. The standard InChI is InChI=1S/C13H13N9O3/c1-7(20-5-9(22(23)24)13(18-20)25-3)10-16-12-8-4-15-19(2)11(8)14-6-21(12)17-10/h4-7H,1-3H3. The molecule has 12 heteroatoms. The molecule has 1 atom stereocenters. The Morgan fingerprint density at radius 2 is 2.12 bits per heavy atom. The summed E-state index contributed by atoms with van der Waals surface area (Å²) in [6.07, 6.45) is 4.52. The largest absolute Gasteiger partial charge is 0.475 e. The van der Waals surface area contributed by atoms with Crippen LogP contribution in [0.4, 0.5) is 5.69 Å². The molecule has 25 heavy (non-hydrogen) atoms. The highest BCUT2D eigenvalue weighted by atomic mass is 16.6. The zero-order valence-corrected chi connectivity index (χ0v) is 13.6. The minimum Gasteiger partial charge on any atom is -0.475 e. The Balaban J connectivity index is 1.81. The summed E-state index contributed by atoms with van der Waals surface area (Å²) in [5.41, 5.74) is 1.08. The number of ether oxygens (including phenoxy) is 1. The van der Waals surface area contributed by atoms with Gasteiger partial charge in [0.2, 0.25) is 0 Å². The number of aromatic nitrogens is 8. The lowest BCUT2D eigenvalue weighted by Crippen LogP contribution is -2.09. The van der Waals surface area contributed by atoms with E-state index in [0.29, 0.717) is 17.1 Å². The van der Waals surface area contributed by atoms with E-state index in [1.807, 2.05) is 0 Å². The van der Waals surface area contributed by atoms with E-state index in [2.05, 4.69) is 25.3 Å². The summed E-state index contributed by atoms with van der Waals surface area (Å²) in [6, 6.07) is -0.436. The van der Waals surface area contributed by atoms with Crippen LogP contribution in [0.1, 0.15) is 18.8 Å². The Morgan fingerprint density at radius 3 is 2.80 bits per heavy atom. The van der Waals surface area contributed by atoms with Crippen molar-refractivity contribution in [2.45, 2.75) is 13.0 Å². The van der Waals surface area contributed by atoms with Crippen LogP contribution in [0.5, 0.6) is 5.88 Å². The van der Waals surface area contributed by atoms with Gasteiger partial charge in [0.25, 0.3) is 0 Å². The minimum atomic E-state index is -0.546. The summed E-state index contributed by atoms with van der Waals surface area (Å²) in [7, 11) is 3.12. The van der Waals surface area contributed by atoms with Gasteiger partial charge in [0.05, 0.1) is 23.6 Å². The molecule has 0 saturated heterocycles. The third-order valence-corrected chi connectivity index (χ3v) is 3.93. The van der Waals surface area contributed by atoms with Gasteiger partial charge in [-0.15, -0.1) is 10.2 Å². The maximum atomic E-state index is 11.1. The average molecular weight is 343 g/mol. The monoisotopic (exact) mass is 343 g/mol. The molecule has 0 amide bonds. The van der Waals surface area contributed by atoms with Crippen LogP contribution in [0, 0.1) is 10.1 Å². The molecule has 0 aliphatic rings. The van der Waals surface area contributed by atoms with E-state index in [-0.39, 0.29) is 11.6 Å². The molecule has 12 nitrogen and oxygen atoms in total. The number of aryl methyl sites for hydroxylation is 1. The van der Waals surface area contributed by atoms with Crippen molar-refractivity contribution < 1.29 is 9.66 Å². The Labute approximate surface area is 139 Å². The second-order valence-corrected chi connectivity index (χ2v) is 5.42. The Kier molecular flexibility index (Phi) is 3.13. The van der Waals surface area contributed by atoms with Crippen LogP contribution in [0.25, 0.3) is 16.7 Å². The lowest BCUT2D eigenvalue weighted by atomic mass is 10.3. The van der Waals surface area contributed by atoms with Crippen molar-refractivity contribution in [3.8, 4) is 5.88 Å². The summed E-state index contributed by atoms with van der Waals surface area (Å²) < 4.78 is 9.55. The summed E-state index contributed by atoms with van der Waals surface area (Å²) in [4.78, 5) is 19.3. The predicted molar refractivity (Wildman–Crippen MR) is 84.3 cm³/mol. The number of hydrogen-bond acceptors (Lipinski definition) is 8. The molecular weight excluding hydrogens is 330 g/mol. The van der Waals surface area contributed by atoms with Gasteiger partial charge in [0, 0.05) is 7.05 Å². The van der Waals surface area contributed by atoms with Gasteiger partial charge in [-0.3, -0.25) is 19.5 Å². The molecular formula is C13H13N9O3. The van der Waals surface area contributed by atoms with Gasteiger partial charge in [-0.05, 0) is 6.92 Å². The lowest BCUT2D eigenvalue weighted by molar-refractivity contribution is -0.385. The van der Waals surface area contributed by atoms with Gasteiger partial charge in [0.1, 0.15) is 18.6 Å². The molecule has 0 spiro atoms. The first-order chi connectivity index (χ1) is 12.0. The molecule has 4 aromatic heterocycles. The van der Waals surface area contributed by atoms with Crippen molar-refractivity contribution in [3.05, 3.63) is 34.7 Å². The first-order valence-electron chi connectivity index (χ1n) is 7.30. The van der Waals surface area contributed by atoms with E-state index in [0.717, 1.165) is 5.39 Å². The molecule has 128 valence electrons. The molecule has 0 radical (unpaired) electrons. The van der Waals surface area contributed by atoms with Crippen molar-refractivity contribution in [3.63, 3.8) is 0 Å². The third kappa shape index (κ3) is 2.18. The highest BCUT2D eigenvalue weighted by Crippen LogP contribution is 2.27. The van der Waals surface area contributed by atoms with Crippen molar-refractivity contribution in [1.82, 2.24) is 39.1 Å². The maximum absolute atomic E-state index is 11.1. The fourth-order valence-corrected chi connectivity index (χ4v) is 2.59. The van der Waals surface area contributed by atoms with Gasteiger partial charge >= 0.3 is 11.6 Å². The van der Waals surface area contributed by atoms with Crippen molar-refractivity contribution in [1.29, 1.82) is 0 Å². The molecule has 4 rings (SSSR count). The first kappa shape index (κ1) is 15.0. The van der Waals surface area contributed by atoms with Gasteiger partial charge in [-0.1, -0.05) is 0 Å². The second-order valence-electron chi connectivity index (χ2n) is 5.42. The average Bonchev–Trinajstić information content (AvgIpc) is 3.29. The highest BCUT2D eigenvalue weighted by molar-refractivity contribution is 5.88. The third-order valence-electron chi connectivity index (χ3n) is 3.93. The maximum Gasteiger partial charge on any atom is 0.350 e. The number of methoxy groups -OCH3 is 1. The Bertz CT molecular complexity index is 1110. The number of nitro groups is 1. The molecule has 0 fully saturated rings. The first-order valence-corrected chi connectivity index (χ1v) is 7.30. The van der Waals surface area contributed by atoms with Crippen molar-refractivity contribution >= 4 is 22.4 Å². The van der Waals surface area contributed by atoms with Crippen LogP contribution in [0.15, 0.2) is 18.7 Å². The number of nitrogens with zero attached hydrogens (tertiary/aromatic N) is 9. The quantitative estimate of drug-likeness (QED) is 0.391. The topological polar surface area (TPSA) is 131 Å². The lowest BCUT2D eigenvalue weighted by Gasteiger charge is -2.06. The van der Waals surface area contributed by atoms with E-state index in [1.54, 1.807) is 35.7 Å². The highest BCUT2D eigenvalue weighted by Gasteiger charge is 2.25. The van der Waals surface area contributed by atoms with Gasteiger partial charge in [-0.2, -0.15) is 5.10 Å². The number of hydrogen-bond donors (Lipinski definition) is 0. The molecule has 0 aromatic carbocycles. The molecule has 4 heterocycles. The van der Waals surface area contributed by atoms with E-state index in [1.165, 1.54) is 18.0 Å². The zero-order chi connectivity index (χ0) is 17.7. The molecule has 0 N–H and O–H groups in total. The molecule has 0 aliphatic heterocycles. The number of rotatable bonds is 4. The van der Waals surface area contributed by atoms with Crippen LogP contribution < -0.4 is 4.74 Å². The normalized spacial score (nSPS) is 12.8. The summed E-state index contributed by atoms with van der Waals surface area (Å²) in [6.45, 7) is 1.79. The van der Waals surface area contributed by atoms with Gasteiger partial charge < -0.3 is 4.74 Å². The Morgan fingerprint density at radius 1 is 1.32 bits per heavy atom. The number of fused-ring (bicyclic) bond motifs is 3. The van der Waals surface area contributed by atoms with Crippen molar-refractivity contribution in [2.75, 3.05) is 7.11 Å². The fraction of sp³-hybridized carbons (Fsp3) is 0.308. The molecule has 1 unspecified atom stereocenters. The second kappa shape index (κ2) is 5.22. The van der Waals surface area contributed by atoms with Crippen LogP contribution in [0.3, 0.4) is 0 Å². The predicted octanol–water partition coefficient (Wildman–Crippen LogP) is 0.734. The van der Waals surface area contributed by atoms with Crippen LogP contribution in [0.2, 0.25) is 0 Å². The van der Waals surface area contributed by atoms with Crippen molar-refractivity contribution in [2.24, 2.45) is 7.05 Å². The Hall–Kier alpha value is -3.57. The zero-order valence-electron chi connectivity index (χ0n) is 13.6.